The highest BCUT2D eigenvalue weighted by atomic mass is 32.2. The van der Waals surface area contributed by atoms with E-state index in [2.05, 4.69) is 17.1 Å². The van der Waals surface area contributed by atoms with Gasteiger partial charge in [0.05, 0.1) is 11.5 Å². The van der Waals surface area contributed by atoms with E-state index in [1.54, 1.807) is 6.07 Å². The summed E-state index contributed by atoms with van der Waals surface area (Å²) in [6.07, 6.45) is 0.649. The maximum atomic E-state index is 12.5. The number of para-hydroxylation sites is 1. The standard InChI is InChI=1S/C20H24N2O3S/c1-16-10-12-26(24,25)13-11-22(16)15-17-6-5-7-18(14-17)20(23)21-19-8-3-2-4-9-19/h2-9,14,16H,10-13,15H2,1H3,(H,21,23). The number of benzene rings is 2. The molecule has 0 aromatic heterocycles. The van der Waals surface area contributed by atoms with Crippen LogP contribution in [-0.2, 0) is 16.4 Å². The highest BCUT2D eigenvalue weighted by Crippen LogP contribution is 2.17. The molecule has 1 N–H and O–H groups in total. The lowest BCUT2D eigenvalue weighted by Gasteiger charge is -2.26. The quantitative estimate of drug-likeness (QED) is 0.896. The van der Waals surface area contributed by atoms with E-state index < -0.39 is 9.84 Å². The number of hydrogen-bond donors (Lipinski definition) is 1. The smallest absolute Gasteiger partial charge is 0.255 e. The Balaban J connectivity index is 1.70. The van der Waals surface area contributed by atoms with Crippen molar-refractivity contribution in [1.29, 1.82) is 0 Å². The summed E-state index contributed by atoms with van der Waals surface area (Å²) in [5, 5.41) is 2.89. The maximum absolute atomic E-state index is 12.5. The molecular weight excluding hydrogens is 348 g/mol. The number of nitrogens with zero attached hydrogens (tertiary/aromatic N) is 1. The van der Waals surface area contributed by atoms with E-state index >= 15 is 0 Å². The lowest BCUT2D eigenvalue weighted by Crippen LogP contribution is -2.33. The number of carbonyl (C=O) groups is 1. The summed E-state index contributed by atoms with van der Waals surface area (Å²) in [6, 6.07) is 17.1. The third-order valence-electron chi connectivity index (χ3n) is 4.77. The zero-order valence-corrected chi connectivity index (χ0v) is 15.7. The van der Waals surface area contributed by atoms with Gasteiger partial charge in [-0.05, 0) is 43.2 Å². The van der Waals surface area contributed by atoms with Gasteiger partial charge < -0.3 is 5.32 Å². The number of amides is 1. The minimum atomic E-state index is -2.94. The van der Waals surface area contributed by atoms with Gasteiger partial charge in [0.15, 0.2) is 9.84 Å². The van der Waals surface area contributed by atoms with E-state index in [1.165, 1.54) is 0 Å². The Bertz CT molecular complexity index is 866. The van der Waals surface area contributed by atoms with Crippen LogP contribution in [0.1, 0.15) is 29.3 Å². The van der Waals surface area contributed by atoms with Crippen LogP contribution < -0.4 is 5.32 Å². The van der Waals surface area contributed by atoms with E-state index in [4.69, 9.17) is 0 Å². The molecule has 1 atom stereocenters. The second kappa shape index (κ2) is 8.01. The molecule has 0 spiro atoms. The van der Waals surface area contributed by atoms with Gasteiger partial charge in [0.25, 0.3) is 5.91 Å². The average molecular weight is 372 g/mol. The molecule has 6 heteroatoms. The molecule has 26 heavy (non-hydrogen) atoms. The number of sulfone groups is 1. The summed E-state index contributed by atoms with van der Waals surface area (Å²) in [4.78, 5) is 14.6. The van der Waals surface area contributed by atoms with Crippen molar-refractivity contribution >= 4 is 21.4 Å². The van der Waals surface area contributed by atoms with E-state index in [0.29, 0.717) is 25.1 Å². The molecule has 1 aliphatic heterocycles. The molecule has 1 unspecified atom stereocenters. The van der Waals surface area contributed by atoms with Crippen molar-refractivity contribution in [1.82, 2.24) is 4.90 Å². The molecule has 1 saturated heterocycles. The normalized spacial score (nSPS) is 20.3. The Morgan fingerprint density at radius 2 is 1.88 bits per heavy atom. The molecule has 0 radical (unpaired) electrons. The molecule has 1 aliphatic rings. The van der Waals surface area contributed by atoms with Crippen LogP contribution in [-0.4, -0.2) is 43.3 Å². The van der Waals surface area contributed by atoms with Crippen molar-refractivity contribution in [2.45, 2.75) is 25.9 Å². The van der Waals surface area contributed by atoms with Crippen LogP contribution in [0.25, 0.3) is 0 Å². The van der Waals surface area contributed by atoms with E-state index in [1.807, 2.05) is 48.5 Å². The summed E-state index contributed by atoms with van der Waals surface area (Å²) >= 11 is 0. The molecular formula is C20H24N2O3S. The summed E-state index contributed by atoms with van der Waals surface area (Å²) in [6.45, 7) is 3.24. The number of rotatable bonds is 4. The second-order valence-corrected chi connectivity index (χ2v) is 9.08. The first-order valence-electron chi connectivity index (χ1n) is 8.83. The first kappa shape index (κ1) is 18.6. The molecule has 2 aromatic rings. The van der Waals surface area contributed by atoms with Crippen molar-refractivity contribution in [3.05, 3.63) is 65.7 Å². The minimum Gasteiger partial charge on any atom is -0.322 e. The SMILES string of the molecule is CC1CCS(=O)(=O)CCN1Cc1cccc(C(=O)Nc2ccccc2)c1. The lowest BCUT2D eigenvalue weighted by atomic mass is 10.1. The fourth-order valence-electron chi connectivity index (χ4n) is 3.12. The number of hydrogen-bond acceptors (Lipinski definition) is 4. The van der Waals surface area contributed by atoms with Gasteiger partial charge in [0.1, 0.15) is 0 Å². The van der Waals surface area contributed by atoms with Gasteiger partial charge >= 0.3 is 0 Å². The Labute approximate surface area is 154 Å². The third-order valence-corrected chi connectivity index (χ3v) is 6.43. The molecule has 0 aliphatic carbocycles. The van der Waals surface area contributed by atoms with Crippen LogP contribution in [0.3, 0.4) is 0 Å². The molecule has 5 nitrogen and oxygen atoms in total. The molecule has 0 saturated carbocycles. The minimum absolute atomic E-state index is 0.149. The highest BCUT2D eigenvalue weighted by Gasteiger charge is 2.24. The van der Waals surface area contributed by atoms with Crippen LogP contribution in [0.5, 0.6) is 0 Å². The molecule has 0 bridgehead atoms. The van der Waals surface area contributed by atoms with E-state index in [9.17, 15) is 13.2 Å². The fraction of sp³-hybridized carbons (Fsp3) is 0.350. The van der Waals surface area contributed by atoms with Crippen LogP contribution in [0.4, 0.5) is 5.69 Å². The van der Waals surface area contributed by atoms with Gasteiger partial charge in [-0.25, -0.2) is 8.42 Å². The molecule has 1 heterocycles. The maximum Gasteiger partial charge on any atom is 0.255 e. The van der Waals surface area contributed by atoms with Crippen molar-refractivity contribution in [2.75, 3.05) is 23.4 Å². The highest BCUT2D eigenvalue weighted by molar-refractivity contribution is 7.91. The first-order chi connectivity index (χ1) is 12.4. The van der Waals surface area contributed by atoms with Crippen molar-refractivity contribution in [3.63, 3.8) is 0 Å². The van der Waals surface area contributed by atoms with Gasteiger partial charge in [-0.3, -0.25) is 9.69 Å². The predicted molar refractivity (Wildman–Crippen MR) is 104 cm³/mol. The Morgan fingerprint density at radius 1 is 1.12 bits per heavy atom. The summed E-state index contributed by atoms with van der Waals surface area (Å²) in [7, 11) is -2.94. The number of anilines is 1. The number of carbonyl (C=O) groups excluding carboxylic acids is 1. The average Bonchev–Trinajstić information content (AvgIpc) is 2.76. The third kappa shape index (κ3) is 4.93. The van der Waals surface area contributed by atoms with Gasteiger partial charge in [0, 0.05) is 30.4 Å². The zero-order valence-electron chi connectivity index (χ0n) is 14.9. The van der Waals surface area contributed by atoms with Crippen LogP contribution in [0.15, 0.2) is 54.6 Å². The second-order valence-electron chi connectivity index (χ2n) is 6.78. The zero-order chi connectivity index (χ0) is 18.6. The monoisotopic (exact) mass is 372 g/mol. The van der Waals surface area contributed by atoms with Gasteiger partial charge in [-0.2, -0.15) is 0 Å². The largest absolute Gasteiger partial charge is 0.322 e. The van der Waals surface area contributed by atoms with Crippen LogP contribution >= 0.6 is 0 Å². The van der Waals surface area contributed by atoms with Gasteiger partial charge in [-0.1, -0.05) is 30.3 Å². The molecule has 3 rings (SSSR count). The first-order valence-corrected chi connectivity index (χ1v) is 10.6. The topological polar surface area (TPSA) is 66.5 Å². The molecule has 1 fully saturated rings. The van der Waals surface area contributed by atoms with Gasteiger partial charge in [-0.15, -0.1) is 0 Å². The Morgan fingerprint density at radius 3 is 2.65 bits per heavy atom. The van der Waals surface area contributed by atoms with Gasteiger partial charge in [0.2, 0.25) is 0 Å². The lowest BCUT2D eigenvalue weighted by molar-refractivity contribution is 0.102. The molecule has 138 valence electrons. The predicted octanol–water partition coefficient (Wildman–Crippen LogP) is 2.95. The van der Waals surface area contributed by atoms with Crippen molar-refractivity contribution in [3.8, 4) is 0 Å². The Kier molecular flexibility index (Phi) is 5.74. The van der Waals surface area contributed by atoms with E-state index in [-0.39, 0.29) is 23.5 Å². The van der Waals surface area contributed by atoms with Crippen molar-refractivity contribution in [2.24, 2.45) is 0 Å². The molecule has 1 amide bonds. The summed E-state index contributed by atoms with van der Waals surface area (Å²) < 4.78 is 23.7. The van der Waals surface area contributed by atoms with Crippen molar-refractivity contribution < 1.29 is 13.2 Å². The van der Waals surface area contributed by atoms with Crippen LogP contribution in [0.2, 0.25) is 0 Å². The Hall–Kier alpha value is -2.18. The summed E-state index contributed by atoms with van der Waals surface area (Å²) in [5.74, 6) is 0.306. The van der Waals surface area contributed by atoms with E-state index in [0.717, 1.165) is 11.3 Å². The van der Waals surface area contributed by atoms with Crippen LogP contribution in [0, 0.1) is 0 Å². The molecule has 2 aromatic carbocycles. The summed E-state index contributed by atoms with van der Waals surface area (Å²) in [5.41, 5.74) is 2.37. The fourth-order valence-corrected chi connectivity index (χ4v) is 4.53. The number of nitrogens with one attached hydrogen (secondary N) is 1.